The van der Waals surface area contributed by atoms with Gasteiger partial charge in [-0.3, -0.25) is 0 Å². The van der Waals surface area contributed by atoms with E-state index >= 15 is 0 Å². The molecule has 1 aliphatic rings. The molecule has 1 aromatic carbocycles. The maximum atomic E-state index is 12.1. The number of halogens is 1. The molecule has 0 unspecified atom stereocenters. The first-order chi connectivity index (χ1) is 8.85. The molecular formula is C14H18INO3. The van der Waals surface area contributed by atoms with Crippen LogP contribution in [-0.2, 0) is 11.3 Å². The second-order valence-electron chi connectivity index (χ2n) is 5.50. The monoisotopic (exact) mass is 375 g/mol. The Kier molecular flexibility index (Phi) is 4.23. The average Bonchev–Trinajstić information content (AvgIpc) is 2.48. The number of benzene rings is 1. The first kappa shape index (κ1) is 14.4. The number of hydrogen-bond donors (Lipinski definition) is 0. The summed E-state index contributed by atoms with van der Waals surface area (Å²) in [6, 6.07) is 6.00. The van der Waals surface area contributed by atoms with Gasteiger partial charge in [0.25, 0.3) is 0 Å². The van der Waals surface area contributed by atoms with Gasteiger partial charge in [0, 0.05) is 9.13 Å². The summed E-state index contributed by atoms with van der Waals surface area (Å²) >= 11 is 2.25. The lowest BCUT2D eigenvalue weighted by atomic mass is 10.2. The number of amides is 1. The zero-order valence-corrected chi connectivity index (χ0v) is 13.6. The minimum absolute atomic E-state index is 0.289. The quantitative estimate of drug-likeness (QED) is 0.653. The summed E-state index contributed by atoms with van der Waals surface area (Å²) in [6.07, 6.45) is -0.289. The Morgan fingerprint density at radius 1 is 1.42 bits per heavy atom. The Hall–Kier alpha value is -0.980. The van der Waals surface area contributed by atoms with E-state index in [9.17, 15) is 4.79 Å². The zero-order chi connectivity index (χ0) is 14.0. The lowest BCUT2D eigenvalue weighted by Crippen LogP contribution is -2.37. The molecule has 0 saturated carbocycles. The summed E-state index contributed by atoms with van der Waals surface area (Å²) in [5.74, 6) is 0.853. The molecule has 0 atom stereocenters. The summed E-state index contributed by atoms with van der Waals surface area (Å²) in [6.45, 7) is 7.18. The Morgan fingerprint density at radius 2 is 2.16 bits per heavy atom. The van der Waals surface area contributed by atoms with Crippen LogP contribution in [0.15, 0.2) is 18.2 Å². The number of carbonyl (C=O) groups is 1. The molecule has 0 fully saturated rings. The first-order valence-corrected chi connectivity index (χ1v) is 7.32. The molecule has 5 heteroatoms. The summed E-state index contributed by atoms with van der Waals surface area (Å²) in [5, 5.41) is 0. The molecule has 1 aliphatic heterocycles. The van der Waals surface area contributed by atoms with Crippen molar-refractivity contribution < 1.29 is 14.3 Å². The highest BCUT2D eigenvalue weighted by Gasteiger charge is 2.25. The molecule has 1 aromatic rings. The fourth-order valence-corrected chi connectivity index (χ4v) is 2.40. The summed E-state index contributed by atoms with van der Waals surface area (Å²) in [7, 11) is 0. The van der Waals surface area contributed by atoms with Crippen LogP contribution in [0.25, 0.3) is 0 Å². The third-order valence-electron chi connectivity index (χ3n) is 2.65. The molecule has 2 rings (SSSR count). The molecule has 0 aromatic heterocycles. The molecule has 0 bridgehead atoms. The Morgan fingerprint density at radius 3 is 2.84 bits per heavy atom. The van der Waals surface area contributed by atoms with E-state index in [-0.39, 0.29) is 6.09 Å². The summed E-state index contributed by atoms with van der Waals surface area (Å²) in [4.78, 5) is 13.8. The van der Waals surface area contributed by atoms with Crippen LogP contribution in [0.5, 0.6) is 5.75 Å². The van der Waals surface area contributed by atoms with Gasteiger partial charge in [0.1, 0.15) is 18.0 Å². The van der Waals surface area contributed by atoms with E-state index in [2.05, 4.69) is 22.6 Å². The summed E-state index contributed by atoms with van der Waals surface area (Å²) < 4.78 is 12.2. The van der Waals surface area contributed by atoms with Crippen molar-refractivity contribution in [2.75, 3.05) is 13.2 Å². The highest BCUT2D eigenvalue weighted by atomic mass is 127. The van der Waals surface area contributed by atoms with Crippen LogP contribution in [0, 0.1) is 3.57 Å². The molecule has 0 saturated heterocycles. The van der Waals surface area contributed by atoms with Gasteiger partial charge in [-0.1, -0.05) is 0 Å². The van der Waals surface area contributed by atoms with Gasteiger partial charge in [0.05, 0.1) is 13.1 Å². The average molecular weight is 375 g/mol. The van der Waals surface area contributed by atoms with Gasteiger partial charge in [-0.15, -0.1) is 0 Å². The highest BCUT2D eigenvalue weighted by molar-refractivity contribution is 14.1. The molecule has 104 valence electrons. The third kappa shape index (κ3) is 3.99. The van der Waals surface area contributed by atoms with E-state index < -0.39 is 5.60 Å². The van der Waals surface area contributed by atoms with Crippen molar-refractivity contribution in [2.45, 2.75) is 32.9 Å². The van der Waals surface area contributed by atoms with Crippen LogP contribution in [0.1, 0.15) is 26.3 Å². The number of rotatable bonds is 0. The van der Waals surface area contributed by atoms with Crippen LogP contribution in [0.4, 0.5) is 4.79 Å². The second-order valence-corrected chi connectivity index (χ2v) is 6.75. The van der Waals surface area contributed by atoms with Crippen LogP contribution in [-0.4, -0.2) is 29.7 Å². The third-order valence-corrected chi connectivity index (χ3v) is 3.33. The summed E-state index contributed by atoms with van der Waals surface area (Å²) in [5.41, 5.74) is 0.549. The van der Waals surface area contributed by atoms with Gasteiger partial charge in [0.15, 0.2) is 0 Å². The molecule has 0 radical (unpaired) electrons. The van der Waals surface area contributed by atoms with Crippen LogP contribution >= 0.6 is 22.6 Å². The number of carbonyl (C=O) groups excluding carboxylic acids is 1. The number of nitrogens with zero attached hydrogens (tertiary/aromatic N) is 1. The Balaban J connectivity index is 2.15. The van der Waals surface area contributed by atoms with Gasteiger partial charge in [-0.05, 0) is 61.6 Å². The molecule has 1 amide bonds. The maximum Gasteiger partial charge on any atom is 0.410 e. The molecular weight excluding hydrogens is 357 g/mol. The fraction of sp³-hybridized carbons (Fsp3) is 0.500. The van der Waals surface area contributed by atoms with E-state index in [1.165, 1.54) is 0 Å². The van der Waals surface area contributed by atoms with Crippen molar-refractivity contribution in [3.8, 4) is 5.75 Å². The topological polar surface area (TPSA) is 38.8 Å². The molecule has 4 nitrogen and oxygen atoms in total. The lowest BCUT2D eigenvalue weighted by Gasteiger charge is -2.26. The van der Waals surface area contributed by atoms with E-state index in [0.717, 1.165) is 14.9 Å². The number of hydrogen-bond acceptors (Lipinski definition) is 3. The zero-order valence-electron chi connectivity index (χ0n) is 11.4. The van der Waals surface area contributed by atoms with Crippen molar-refractivity contribution >= 4 is 28.7 Å². The van der Waals surface area contributed by atoms with Crippen molar-refractivity contribution in [3.63, 3.8) is 0 Å². The SMILES string of the molecule is CC(C)(C)OC(=O)N1CCOc2ccc(I)cc2C1. The number of fused-ring (bicyclic) bond motifs is 1. The predicted molar refractivity (Wildman–Crippen MR) is 81.3 cm³/mol. The van der Waals surface area contributed by atoms with Crippen molar-refractivity contribution in [2.24, 2.45) is 0 Å². The number of ether oxygens (including phenoxy) is 2. The normalized spacial score (nSPS) is 15.3. The molecule has 19 heavy (non-hydrogen) atoms. The smallest absolute Gasteiger partial charge is 0.410 e. The molecule has 0 spiro atoms. The van der Waals surface area contributed by atoms with E-state index in [4.69, 9.17) is 9.47 Å². The van der Waals surface area contributed by atoms with Gasteiger partial charge in [0.2, 0.25) is 0 Å². The van der Waals surface area contributed by atoms with Gasteiger partial charge < -0.3 is 14.4 Å². The van der Waals surface area contributed by atoms with Gasteiger partial charge in [-0.25, -0.2) is 4.79 Å². The minimum atomic E-state index is -0.474. The van der Waals surface area contributed by atoms with Crippen molar-refractivity contribution in [3.05, 3.63) is 27.3 Å². The van der Waals surface area contributed by atoms with E-state index in [1.807, 2.05) is 39.0 Å². The van der Waals surface area contributed by atoms with Gasteiger partial charge >= 0.3 is 6.09 Å². The maximum absolute atomic E-state index is 12.1. The molecule has 1 heterocycles. The largest absolute Gasteiger partial charge is 0.491 e. The fourth-order valence-electron chi connectivity index (χ4n) is 1.85. The molecule has 0 N–H and O–H groups in total. The van der Waals surface area contributed by atoms with Crippen LogP contribution < -0.4 is 4.74 Å². The highest BCUT2D eigenvalue weighted by Crippen LogP contribution is 2.25. The van der Waals surface area contributed by atoms with Crippen molar-refractivity contribution in [1.82, 2.24) is 4.90 Å². The predicted octanol–water partition coefficient (Wildman–Crippen LogP) is 3.42. The minimum Gasteiger partial charge on any atom is -0.491 e. The van der Waals surface area contributed by atoms with E-state index in [1.54, 1.807) is 4.90 Å². The van der Waals surface area contributed by atoms with Crippen molar-refractivity contribution in [1.29, 1.82) is 0 Å². The second kappa shape index (κ2) is 5.56. The Labute approximate surface area is 127 Å². The van der Waals surface area contributed by atoms with Gasteiger partial charge in [-0.2, -0.15) is 0 Å². The van der Waals surface area contributed by atoms with Crippen LogP contribution in [0.2, 0.25) is 0 Å². The standard InChI is InChI=1S/C14H18INO3/c1-14(2,3)19-13(17)16-6-7-18-12-5-4-11(15)8-10(12)9-16/h4-5,8H,6-7,9H2,1-3H3. The van der Waals surface area contributed by atoms with E-state index in [0.29, 0.717) is 19.7 Å². The van der Waals surface area contributed by atoms with Crippen LogP contribution in [0.3, 0.4) is 0 Å². The first-order valence-electron chi connectivity index (χ1n) is 6.24. The lowest BCUT2D eigenvalue weighted by molar-refractivity contribution is 0.0225. The molecule has 0 aliphatic carbocycles. The Bertz CT molecular complexity index is 482.